The van der Waals surface area contributed by atoms with Crippen LogP contribution >= 0.6 is 11.3 Å². The third-order valence-electron chi connectivity index (χ3n) is 2.05. The molecule has 3 nitrogen and oxygen atoms in total. The normalized spacial score (nSPS) is 10.7. The molecular weight excluding hydrogens is 198 g/mol. The minimum absolute atomic E-state index is 0.221. The van der Waals surface area contributed by atoms with E-state index in [0.717, 1.165) is 13.1 Å². The van der Waals surface area contributed by atoms with Gasteiger partial charge in [-0.2, -0.15) is 0 Å². The fourth-order valence-electron chi connectivity index (χ4n) is 1.23. The van der Waals surface area contributed by atoms with Crippen molar-refractivity contribution in [1.29, 1.82) is 0 Å². The quantitative estimate of drug-likeness (QED) is 0.786. The molecule has 1 rings (SSSR count). The lowest BCUT2D eigenvalue weighted by Gasteiger charge is -2.18. The molecule has 0 fully saturated rings. The van der Waals surface area contributed by atoms with Crippen LogP contribution in [-0.2, 0) is 11.3 Å². The van der Waals surface area contributed by atoms with Crippen LogP contribution < -0.4 is 0 Å². The fourth-order valence-corrected chi connectivity index (χ4v) is 1.97. The Kier molecular flexibility index (Phi) is 4.62. The summed E-state index contributed by atoms with van der Waals surface area (Å²) in [6.07, 6.45) is 0.221. The SMILES string of the molecule is CCN(CCC(=O)O)Cc1cccs1. The summed E-state index contributed by atoms with van der Waals surface area (Å²) in [4.78, 5) is 13.8. The van der Waals surface area contributed by atoms with Gasteiger partial charge in [-0.1, -0.05) is 13.0 Å². The monoisotopic (exact) mass is 213 g/mol. The topological polar surface area (TPSA) is 40.5 Å². The first-order chi connectivity index (χ1) is 6.72. The zero-order valence-electron chi connectivity index (χ0n) is 8.27. The van der Waals surface area contributed by atoms with Gasteiger partial charge in [-0.05, 0) is 18.0 Å². The van der Waals surface area contributed by atoms with Gasteiger partial charge in [-0.3, -0.25) is 9.69 Å². The maximum atomic E-state index is 10.4. The number of rotatable bonds is 6. The third-order valence-corrected chi connectivity index (χ3v) is 2.91. The zero-order chi connectivity index (χ0) is 10.4. The number of carboxylic acid groups (broad SMARTS) is 1. The molecule has 1 aromatic heterocycles. The Morgan fingerprint density at radius 1 is 1.64 bits per heavy atom. The highest BCUT2D eigenvalue weighted by atomic mass is 32.1. The van der Waals surface area contributed by atoms with Gasteiger partial charge in [0, 0.05) is 18.0 Å². The minimum Gasteiger partial charge on any atom is -0.481 e. The average molecular weight is 213 g/mol. The van der Waals surface area contributed by atoms with Gasteiger partial charge in [0.05, 0.1) is 6.42 Å². The fraction of sp³-hybridized carbons (Fsp3) is 0.500. The molecule has 0 saturated heterocycles. The van der Waals surface area contributed by atoms with Crippen LogP contribution in [0.5, 0.6) is 0 Å². The van der Waals surface area contributed by atoms with Crippen molar-refractivity contribution in [3.63, 3.8) is 0 Å². The molecule has 0 aliphatic heterocycles. The highest BCUT2D eigenvalue weighted by Gasteiger charge is 2.06. The molecule has 0 amide bonds. The Morgan fingerprint density at radius 2 is 2.43 bits per heavy atom. The minimum atomic E-state index is -0.727. The number of carbonyl (C=O) groups is 1. The summed E-state index contributed by atoms with van der Waals surface area (Å²) in [6, 6.07) is 4.10. The molecule has 78 valence electrons. The maximum absolute atomic E-state index is 10.4. The standard InChI is InChI=1S/C10H15NO2S/c1-2-11(6-5-10(12)13)8-9-4-3-7-14-9/h3-4,7H,2,5-6,8H2,1H3,(H,12,13). The summed E-state index contributed by atoms with van der Waals surface area (Å²) in [5, 5.41) is 10.6. The number of aliphatic carboxylic acids is 1. The maximum Gasteiger partial charge on any atom is 0.304 e. The van der Waals surface area contributed by atoms with Crippen molar-refractivity contribution in [2.45, 2.75) is 19.9 Å². The summed E-state index contributed by atoms with van der Waals surface area (Å²) in [6.45, 7) is 4.44. The lowest BCUT2D eigenvalue weighted by Crippen LogP contribution is -2.25. The summed E-state index contributed by atoms with van der Waals surface area (Å²) in [5.41, 5.74) is 0. The van der Waals surface area contributed by atoms with E-state index in [1.54, 1.807) is 11.3 Å². The van der Waals surface area contributed by atoms with Crippen LogP contribution in [0.4, 0.5) is 0 Å². The van der Waals surface area contributed by atoms with Crippen LogP contribution in [0.25, 0.3) is 0 Å². The van der Waals surface area contributed by atoms with Crippen molar-refractivity contribution in [2.24, 2.45) is 0 Å². The first kappa shape index (κ1) is 11.2. The summed E-state index contributed by atoms with van der Waals surface area (Å²) in [7, 11) is 0. The van der Waals surface area contributed by atoms with E-state index in [1.165, 1.54) is 4.88 Å². The Bertz CT molecular complexity index is 272. The van der Waals surface area contributed by atoms with Gasteiger partial charge in [-0.25, -0.2) is 0 Å². The number of thiophene rings is 1. The first-order valence-electron chi connectivity index (χ1n) is 4.69. The van der Waals surface area contributed by atoms with Gasteiger partial charge in [-0.15, -0.1) is 11.3 Å². The molecule has 0 spiro atoms. The lowest BCUT2D eigenvalue weighted by atomic mass is 10.3. The molecule has 0 saturated carbocycles. The van der Waals surface area contributed by atoms with E-state index in [1.807, 2.05) is 11.4 Å². The van der Waals surface area contributed by atoms with Gasteiger partial charge in [0.25, 0.3) is 0 Å². The molecule has 1 aromatic rings. The van der Waals surface area contributed by atoms with Crippen molar-refractivity contribution < 1.29 is 9.90 Å². The number of nitrogens with zero attached hydrogens (tertiary/aromatic N) is 1. The second kappa shape index (κ2) is 5.78. The van der Waals surface area contributed by atoms with Crippen molar-refractivity contribution in [1.82, 2.24) is 4.90 Å². The first-order valence-corrected chi connectivity index (χ1v) is 5.57. The highest BCUT2D eigenvalue weighted by molar-refractivity contribution is 7.09. The average Bonchev–Trinajstić information content (AvgIpc) is 2.64. The van der Waals surface area contributed by atoms with Crippen LogP contribution in [0.15, 0.2) is 17.5 Å². The van der Waals surface area contributed by atoms with Crippen LogP contribution in [0.1, 0.15) is 18.2 Å². The van der Waals surface area contributed by atoms with E-state index in [4.69, 9.17) is 5.11 Å². The Labute approximate surface area is 88.0 Å². The molecule has 0 atom stereocenters. The number of hydrogen-bond donors (Lipinski definition) is 1. The highest BCUT2D eigenvalue weighted by Crippen LogP contribution is 2.11. The smallest absolute Gasteiger partial charge is 0.304 e. The van der Waals surface area contributed by atoms with E-state index >= 15 is 0 Å². The molecule has 0 bridgehead atoms. The number of carboxylic acids is 1. The molecule has 4 heteroatoms. The largest absolute Gasteiger partial charge is 0.481 e. The van der Waals surface area contributed by atoms with Crippen LogP contribution in [0.2, 0.25) is 0 Å². The van der Waals surface area contributed by atoms with Crippen LogP contribution in [0.3, 0.4) is 0 Å². The molecule has 0 aliphatic carbocycles. The molecule has 14 heavy (non-hydrogen) atoms. The molecule has 1 heterocycles. The van der Waals surface area contributed by atoms with Gasteiger partial charge in [0.15, 0.2) is 0 Å². The summed E-state index contributed by atoms with van der Waals surface area (Å²) in [5.74, 6) is -0.727. The lowest BCUT2D eigenvalue weighted by molar-refractivity contribution is -0.137. The zero-order valence-corrected chi connectivity index (χ0v) is 9.09. The second-order valence-corrected chi connectivity index (χ2v) is 4.12. The van der Waals surface area contributed by atoms with Gasteiger partial charge in [0.1, 0.15) is 0 Å². The van der Waals surface area contributed by atoms with Gasteiger partial charge in [0.2, 0.25) is 0 Å². The van der Waals surface area contributed by atoms with Gasteiger partial charge < -0.3 is 5.11 Å². The molecular formula is C10H15NO2S. The second-order valence-electron chi connectivity index (χ2n) is 3.09. The molecule has 1 N–H and O–H groups in total. The van der Waals surface area contributed by atoms with Crippen molar-refractivity contribution in [2.75, 3.05) is 13.1 Å². The van der Waals surface area contributed by atoms with Crippen molar-refractivity contribution >= 4 is 17.3 Å². The Morgan fingerprint density at radius 3 is 2.93 bits per heavy atom. The Hall–Kier alpha value is -0.870. The van der Waals surface area contributed by atoms with E-state index < -0.39 is 5.97 Å². The van der Waals surface area contributed by atoms with Crippen molar-refractivity contribution in [3.05, 3.63) is 22.4 Å². The van der Waals surface area contributed by atoms with E-state index in [9.17, 15) is 4.79 Å². The van der Waals surface area contributed by atoms with Crippen LogP contribution in [-0.4, -0.2) is 29.1 Å². The van der Waals surface area contributed by atoms with E-state index in [-0.39, 0.29) is 6.42 Å². The number of hydrogen-bond acceptors (Lipinski definition) is 3. The summed E-state index contributed by atoms with van der Waals surface area (Å²) >= 11 is 1.71. The predicted octanol–water partition coefficient (Wildman–Crippen LogP) is 2.04. The van der Waals surface area contributed by atoms with E-state index in [0.29, 0.717) is 6.54 Å². The molecule has 0 radical (unpaired) electrons. The van der Waals surface area contributed by atoms with Gasteiger partial charge >= 0.3 is 5.97 Å². The van der Waals surface area contributed by atoms with E-state index in [2.05, 4.69) is 17.9 Å². The Balaban J connectivity index is 2.35. The molecule has 0 aliphatic rings. The summed E-state index contributed by atoms with van der Waals surface area (Å²) < 4.78 is 0. The molecule has 0 aromatic carbocycles. The van der Waals surface area contributed by atoms with Crippen LogP contribution in [0, 0.1) is 0 Å². The third kappa shape index (κ3) is 3.89. The molecule has 0 unspecified atom stereocenters. The predicted molar refractivity (Wildman–Crippen MR) is 57.5 cm³/mol. The van der Waals surface area contributed by atoms with Crippen molar-refractivity contribution in [3.8, 4) is 0 Å².